The molecular formula is C14H17N3O2S. The highest BCUT2D eigenvalue weighted by Crippen LogP contribution is 2.17. The molecule has 0 unspecified atom stereocenters. The summed E-state index contributed by atoms with van der Waals surface area (Å²) in [6, 6.07) is 1.98. The number of anilines is 1. The highest BCUT2D eigenvalue weighted by atomic mass is 32.1. The van der Waals surface area contributed by atoms with Gasteiger partial charge in [0.2, 0.25) is 0 Å². The van der Waals surface area contributed by atoms with Gasteiger partial charge in [-0.25, -0.2) is 4.98 Å². The monoisotopic (exact) mass is 291 g/mol. The maximum atomic E-state index is 11.4. The number of carbonyl (C=O) groups is 1. The van der Waals surface area contributed by atoms with E-state index in [-0.39, 0.29) is 12.4 Å². The molecule has 0 atom stereocenters. The average molecular weight is 291 g/mol. The van der Waals surface area contributed by atoms with Gasteiger partial charge in [0.25, 0.3) is 0 Å². The average Bonchev–Trinajstić information content (AvgIpc) is 2.85. The fraction of sp³-hybridized carbons (Fsp3) is 0.357. The van der Waals surface area contributed by atoms with Crippen molar-refractivity contribution in [1.82, 2.24) is 9.97 Å². The highest BCUT2D eigenvalue weighted by Gasteiger charge is 2.08. The molecule has 2 heterocycles. The zero-order chi connectivity index (χ0) is 14.4. The van der Waals surface area contributed by atoms with Gasteiger partial charge < -0.3 is 10.1 Å². The molecule has 0 aliphatic rings. The predicted molar refractivity (Wildman–Crippen MR) is 78.8 cm³/mol. The van der Waals surface area contributed by atoms with E-state index < -0.39 is 0 Å². The van der Waals surface area contributed by atoms with Crippen LogP contribution in [0.25, 0.3) is 0 Å². The van der Waals surface area contributed by atoms with Crippen LogP contribution in [0.15, 0.2) is 23.8 Å². The van der Waals surface area contributed by atoms with Crippen molar-refractivity contribution < 1.29 is 9.53 Å². The van der Waals surface area contributed by atoms with Crippen LogP contribution in [0.3, 0.4) is 0 Å². The Morgan fingerprint density at radius 1 is 1.50 bits per heavy atom. The number of nitrogens with zero attached hydrogens (tertiary/aromatic N) is 2. The van der Waals surface area contributed by atoms with E-state index in [1.54, 1.807) is 13.1 Å². The first-order valence-corrected chi connectivity index (χ1v) is 7.30. The molecule has 1 N–H and O–H groups in total. The van der Waals surface area contributed by atoms with Crippen LogP contribution in [0.5, 0.6) is 0 Å². The summed E-state index contributed by atoms with van der Waals surface area (Å²) in [7, 11) is 0. The lowest BCUT2D eigenvalue weighted by molar-refractivity contribution is -0.142. The third-order valence-corrected chi connectivity index (χ3v) is 3.61. The van der Waals surface area contributed by atoms with Crippen LogP contribution in [0, 0.1) is 6.92 Å². The Labute approximate surface area is 122 Å². The molecule has 0 amide bonds. The quantitative estimate of drug-likeness (QED) is 0.829. The number of esters is 1. The van der Waals surface area contributed by atoms with E-state index >= 15 is 0 Å². The zero-order valence-electron chi connectivity index (χ0n) is 11.5. The van der Waals surface area contributed by atoms with Crippen molar-refractivity contribution in [2.45, 2.75) is 26.8 Å². The Bertz CT molecular complexity index is 583. The SMILES string of the molecule is CCOC(=O)Cc1csc(NCc2cnccc2C)n1. The second-order valence-electron chi connectivity index (χ2n) is 4.28. The molecule has 0 aliphatic heterocycles. The summed E-state index contributed by atoms with van der Waals surface area (Å²) in [5.74, 6) is -0.243. The van der Waals surface area contributed by atoms with Crippen molar-refractivity contribution in [3.05, 3.63) is 40.7 Å². The number of carbonyl (C=O) groups excluding carboxylic acids is 1. The number of aryl methyl sites for hydroxylation is 1. The Morgan fingerprint density at radius 3 is 3.10 bits per heavy atom. The van der Waals surface area contributed by atoms with Crippen molar-refractivity contribution >= 4 is 22.4 Å². The summed E-state index contributed by atoms with van der Waals surface area (Å²) < 4.78 is 4.90. The van der Waals surface area contributed by atoms with Gasteiger partial charge in [0, 0.05) is 24.3 Å². The van der Waals surface area contributed by atoms with Crippen LogP contribution in [0.2, 0.25) is 0 Å². The van der Waals surface area contributed by atoms with Gasteiger partial charge in [-0.2, -0.15) is 0 Å². The van der Waals surface area contributed by atoms with E-state index in [4.69, 9.17) is 4.74 Å². The number of hydrogen-bond donors (Lipinski definition) is 1. The van der Waals surface area contributed by atoms with Crippen molar-refractivity contribution in [2.24, 2.45) is 0 Å². The molecule has 6 heteroatoms. The van der Waals surface area contributed by atoms with Gasteiger partial charge in [0.15, 0.2) is 5.13 Å². The number of pyridine rings is 1. The molecule has 2 aromatic rings. The Morgan fingerprint density at radius 2 is 2.35 bits per heavy atom. The van der Waals surface area contributed by atoms with Crippen LogP contribution in [-0.4, -0.2) is 22.5 Å². The molecule has 0 bridgehead atoms. The maximum Gasteiger partial charge on any atom is 0.311 e. The molecule has 0 saturated carbocycles. The number of hydrogen-bond acceptors (Lipinski definition) is 6. The molecule has 0 aromatic carbocycles. The molecule has 2 aromatic heterocycles. The summed E-state index contributed by atoms with van der Waals surface area (Å²) in [6.07, 6.45) is 3.84. The number of nitrogens with one attached hydrogen (secondary N) is 1. The number of rotatable bonds is 6. The third-order valence-electron chi connectivity index (χ3n) is 2.76. The molecule has 0 aliphatic carbocycles. The third kappa shape index (κ3) is 4.03. The molecule has 2 rings (SSSR count). The van der Waals surface area contributed by atoms with Crippen LogP contribution < -0.4 is 5.32 Å². The molecule has 0 fully saturated rings. The Hall–Kier alpha value is -1.95. The molecule has 20 heavy (non-hydrogen) atoms. The molecule has 5 nitrogen and oxygen atoms in total. The second kappa shape index (κ2) is 7.00. The minimum absolute atomic E-state index is 0.220. The first-order valence-electron chi connectivity index (χ1n) is 6.42. The van der Waals surface area contributed by atoms with Crippen LogP contribution >= 0.6 is 11.3 Å². The molecule has 0 radical (unpaired) electrons. The lowest BCUT2D eigenvalue weighted by Crippen LogP contribution is -2.08. The highest BCUT2D eigenvalue weighted by molar-refractivity contribution is 7.13. The lowest BCUT2D eigenvalue weighted by Gasteiger charge is -2.05. The van der Waals surface area contributed by atoms with Crippen molar-refractivity contribution in [2.75, 3.05) is 11.9 Å². The molecule has 0 spiro atoms. The van der Waals surface area contributed by atoms with Gasteiger partial charge in [-0.3, -0.25) is 9.78 Å². The van der Waals surface area contributed by atoms with Gasteiger partial charge in [-0.15, -0.1) is 11.3 Å². The molecule has 106 valence electrons. The first-order chi connectivity index (χ1) is 9.69. The largest absolute Gasteiger partial charge is 0.466 e. The van der Waals surface area contributed by atoms with E-state index in [9.17, 15) is 4.79 Å². The Kier molecular flexibility index (Phi) is 5.06. The van der Waals surface area contributed by atoms with Crippen LogP contribution in [-0.2, 0) is 22.5 Å². The van der Waals surface area contributed by atoms with Crippen molar-refractivity contribution in [1.29, 1.82) is 0 Å². The topological polar surface area (TPSA) is 64.1 Å². The van der Waals surface area contributed by atoms with E-state index in [0.29, 0.717) is 13.2 Å². The first kappa shape index (κ1) is 14.5. The van der Waals surface area contributed by atoms with Crippen molar-refractivity contribution in [3.8, 4) is 0 Å². The van der Waals surface area contributed by atoms with Gasteiger partial charge in [-0.1, -0.05) is 0 Å². The van der Waals surface area contributed by atoms with Crippen LogP contribution in [0.4, 0.5) is 5.13 Å². The predicted octanol–water partition coefficient (Wildman–Crippen LogP) is 2.56. The summed E-state index contributed by atoms with van der Waals surface area (Å²) in [6.45, 7) is 4.91. The van der Waals surface area contributed by atoms with E-state index in [0.717, 1.165) is 16.4 Å². The standard InChI is InChI=1S/C14H17N3O2S/c1-3-19-13(18)6-12-9-20-14(17-12)16-8-11-7-15-5-4-10(11)2/h4-5,7,9H,3,6,8H2,1-2H3,(H,16,17). The number of thiazole rings is 1. The maximum absolute atomic E-state index is 11.4. The summed E-state index contributed by atoms with van der Waals surface area (Å²) >= 11 is 1.48. The minimum Gasteiger partial charge on any atom is -0.466 e. The smallest absolute Gasteiger partial charge is 0.311 e. The van der Waals surface area contributed by atoms with E-state index in [1.807, 2.05) is 24.6 Å². The van der Waals surface area contributed by atoms with Gasteiger partial charge in [0.05, 0.1) is 18.7 Å². The van der Waals surface area contributed by atoms with E-state index in [2.05, 4.69) is 15.3 Å². The van der Waals surface area contributed by atoms with Gasteiger partial charge >= 0.3 is 5.97 Å². The minimum atomic E-state index is -0.243. The second-order valence-corrected chi connectivity index (χ2v) is 5.14. The Balaban J connectivity index is 1.90. The number of aromatic nitrogens is 2. The fourth-order valence-electron chi connectivity index (χ4n) is 1.68. The normalized spacial score (nSPS) is 10.3. The van der Waals surface area contributed by atoms with Gasteiger partial charge in [0.1, 0.15) is 0 Å². The van der Waals surface area contributed by atoms with Crippen LogP contribution in [0.1, 0.15) is 23.7 Å². The molecule has 0 saturated heterocycles. The fourth-order valence-corrected chi connectivity index (χ4v) is 2.39. The summed E-state index contributed by atoms with van der Waals surface area (Å²) in [5, 5.41) is 5.91. The summed E-state index contributed by atoms with van der Waals surface area (Å²) in [4.78, 5) is 19.8. The number of ether oxygens (including phenoxy) is 1. The summed E-state index contributed by atoms with van der Waals surface area (Å²) in [5.41, 5.74) is 3.06. The lowest BCUT2D eigenvalue weighted by atomic mass is 10.2. The van der Waals surface area contributed by atoms with Gasteiger partial charge in [-0.05, 0) is 31.0 Å². The van der Waals surface area contributed by atoms with Crippen molar-refractivity contribution in [3.63, 3.8) is 0 Å². The molecular weight excluding hydrogens is 274 g/mol. The zero-order valence-corrected chi connectivity index (χ0v) is 12.4. The van der Waals surface area contributed by atoms with E-state index in [1.165, 1.54) is 16.9 Å².